The van der Waals surface area contributed by atoms with Gasteiger partial charge in [0, 0.05) is 73.6 Å². The van der Waals surface area contributed by atoms with Gasteiger partial charge in [0.2, 0.25) is 0 Å². The molecule has 1 aliphatic rings. The number of carbonyl (C=O) groups excluding carboxylic acids is 2. The molecular formula is C14H8KO5S. The van der Waals surface area contributed by atoms with Gasteiger partial charge >= 0.3 is 0 Å². The van der Waals surface area contributed by atoms with Gasteiger partial charge in [-0.15, -0.1) is 0 Å². The van der Waals surface area contributed by atoms with E-state index < -0.39 is 20.8 Å². The van der Waals surface area contributed by atoms with E-state index in [4.69, 9.17) is 4.55 Å². The largest absolute Gasteiger partial charge is 0.294 e. The summed E-state index contributed by atoms with van der Waals surface area (Å²) in [6, 6.07) is 9.72. The monoisotopic (exact) mass is 327 g/mol. The molecule has 1 radical (unpaired) electrons. The summed E-state index contributed by atoms with van der Waals surface area (Å²) in [5.41, 5.74) is 0.659. The van der Waals surface area contributed by atoms with Crippen LogP contribution in [-0.2, 0) is 10.1 Å². The molecule has 0 saturated carbocycles. The first-order valence-electron chi connectivity index (χ1n) is 5.69. The van der Waals surface area contributed by atoms with Gasteiger partial charge in [-0.05, 0) is 18.2 Å². The summed E-state index contributed by atoms with van der Waals surface area (Å²) in [6.07, 6.45) is 0. The van der Waals surface area contributed by atoms with Crippen LogP contribution in [0.25, 0.3) is 0 Å². The van der Waals surface area contributed by atoms with Crippen LogP contribution in [0.4, 0.5) is 0 Å². The van der Waals surface area contributed by atoms with E-state index in [2.05, 4.69) is 0 Å². The number of hydrogen-bond donors (Lipinski definition) is 1. The molecule has 2 aromatic carbocycles. The maximum atomic E-state index is 12.3. The van der Waals surface area contributed by atoms with E-state index in [1.807, 2.05) is 0 Å². The first kappa shape index (κ1) is 16.7. The zero-order valence-electron chi connectivity index (χ0n) is 11.0. The van der Waals surface area contributed by atoms with Crippen LogP contribution in [-0.4, -0.2) is 75.9 Å². The summed E-state index contributed by atoms with van der Waals surface area (Å²) < 4.78 is 31.2. The Bertz CT molecular complexity index is 871. The maximum absolute atomic E-state index is 12.3. The summed E-state index contributed by atoms with van der Waals surface area (Å²) >= 11 is 0. The third-order valence-electron chi connectivity index (χ3n) is 3.19. The molecule has 0 aliphatic heterocycles. The van der Waals surface area contributed by atoms with Crippen LogP contribution in [0.5, 0.6) is 0 Å². The van der Waals surface area contributed by atoms with Crippen LogP contribution in [0.2, 0.25) is 0 Å². The minimum Gasteiger partial charge on any atom is -0.289 e. The summed E-state index contributed by atoms with van der Waals surface area (Å²) in [5, 5.41) is 0. The SMILES string of the molecule is O=C1c2ccccc2C(=O)c2cc(S(=O)(=O)O)ccc21.[K]. The Morgan fingerprint density at radius 2 is 1.24 bits per heavy atom. The quantitative estimate of drug-likeness (QED) is 0.538. The molecule has 0 fully saturated rings. The molecule has 101 valence electrons. The van der Waals surface area contributed by atoms with E-state index in [-0.39, 0.29) is 73.9 Å². The zero-order valence-corrected chi connectivity index (χ0v) is 15.0. The topological polar surface area (TPSA) is 88.5 Å². The summed E-state index contributed by atoms with van der Waals surface area (Å²) in [7, 11) is -4.42. The van der Waals surface area contributed by atoms with Gasteiger partial charge in [0.1, 0.15) is 0 Å². The van der Waals surface area contributed by atoms with Gasteiger partial charge in [0.05, 0.1) is 4.90 Å². The molecule has 0 saturated heterocycles. The smallest absolute Gasteiger partial charge is 0.289 e. The van der Waals surface area contributed by atoms with Gasteiger partial charge < -0.3 is 0 Å². The second-order valence-corrected chi connectivity index (χ2v) is 5.81. The Balaban J connectivity index is 0.00000161. The fourth-order valence-electron chi connectivity index (χ4n) is 2.24. The molecule has 7 heteroatoms. The minimum absolute atomic E-state index is 0. The number of rotatable bonds is 1. The van der Waals surface area contributed by atoms with Crippen molar-refractivity contribution in [3.63, 3.8) is 0 Å². The van der Waals surface area contributed by atoms with Crippen molar-refractivity contribution >= 4 is 73.1 Å². The molecule has 3 rings (SSSR count). The van der Waals surface area contributed by atoms with E-state index in [9.17, 15) is 18.0 Å². The van der Waals surface area contributed by atoms with Crippen molar-refractivity contribution in [2.24, 2.45) is 0 Å². The van der Waals surface area contributed by atoms with Crippen LogP contribution in [0.3, 0.4) is 0 Å². The number of fused-ring (bicyclic) bond motifs is 2. The van der Waals surface area contributed by atoms with Crippen molar-refractivity contribution in [3.05, 3.63) is 64.7 Å². The summed E-state index contributed by atoms with van der Waals surface area (Å²) in [5.74, 6) is -0.766. The van der Waals surface area contributed by atoms with Gasteiger partial charge in [-0.3, -0.25) is 14.1 Å². The molecule has 1 aliphatic carbocycles. The maximum Gasteiger partial charge on any atom is 0.294 e. The average Bonchev–Trinajstić information content (AvgIpc) is 2.43. The van der Waals surface area contributed by atoms with Crippen LogP contribution in [0.1, 0.15) is 31.8 Å². The fraction of sp³-hybridized carbons (Fsp3) is 0. The Hall–Kier alpha value is -0.674. The van der Waals surface area contributed by atoms with Gasteiger partial charge in [-0.25, -0.2) is 0 Å². The van der Waals surface area contributed by atoms with Gasteiger partial charge in [-0.1, -0.05) is 24.3 Å². The number of benzene rings is 2. The summed E-state index contributed by atoms with van der Waals surface area (Å²) in [6.45, 7) is 0. The molecule has 1 N–H and O–H groups in total. The number of ketones is 2. The Morgan fingerprint density at radius 1 is 0.762 bits per heavy atom. The van der Waals surface area contributed by atoms with E-state index in [1.54, 1.807) is 18.2 Å². The van der Waals surface area contributed by atoms with E-state index in [0.717, 1.165) is 12.1 Å². The summed E-state index contributed by atoms with van der Waals surface area (Å²) in [4.78, 5) is 24.1. The Kier molecular flexibility index (Phi) is 4.65. The van der Waals surface area contributed by atoms with Crippen LogP contribution >= 0.6 is 0 Å². The molecule has 2 aromatic rings. The van der Waals surface area contributed by atoms with Crippen molar-refractivity contribution < 1.29 is 22.6 Å². The van der Waals surface area contributed by atoms with Crippen LogP contribution in [0.15, 0.2) is 47.4 Å². The average molecular weight is 327 g/mol. The first-order valence-corrected chi connectivity index (χ1v) is 7.13. The molecule has 0 amide bonds. The van der Waals surface area contributed by atoms with Gasteiger partial charge in [-0.2, -0.15) is 8.42 Å². The molecule has 0 aromatic heterocycles. The second-order valence-electron chi connectivity index (χ2n) is 4.39. The number of carbonyl (C=O) groups is 2. The molecule has 0 spiro atoms. The van der Waals surface area contributed by atoms with Crippen molar-refractivity contribution in [1.82, 2.24) is 0 Å². The van der Waals surface area contributed by atoms with Crippen molar-refractivity contribution in [3.8, 4) is 0 Å². The predicted octanol–water partition coefficient (Wildman–Crippen LogP) is 1.33. The van der Waals surface area contributed by atoms with Gasteiger partial charge in [0.15, 0.2) is 11.6 Å². The van der Waals surface area contributed by atoms with E-state index in [1.165, 1.54) is 12.1 Å². The van der Waals surface area contributed by atoms with E-state index in [0.29, 0.717) is 5.56 Å². The number of hydrogen-bond acceptors (Lipinski definition) is 4. The Labute approximate surface area is 163 Å². The molecule has 0 bridgehead atoms. The van der Waals surface area contributed by atoms with Gasteiger partial charge in [0.25, 0.3) is 10.1 Å². The first-order chi connectivity index (χ1) is 9.39. The van der Waals surface area contributed by atoms with Crippen molar-refractivity contribution in [1.29, 1.82) is 0 Å². The van der Waals surface area contributed by atoms with E-state index >= 15 is 0 Å². The second kappa shape index (κ2) is 5.84. The van der Waals surface area contributed by atoms with Crippen molar-refractivity contribution in [2.45, 2.75) is 4.90 Å². The molecular weight excluding hydrogens is 319 g/mol. The third kappa shape index (κ3) is 2.82. The van der Waals surface area contributed by atoms with Crippen LogP contribution < -0.4 is 0 Å². The van der Waals surface area contributed by atoms with Crippen LogP contribution in [0, 0.1) is 0 Å². The molecule has 0 atom stereocenters. The Morgan fingerprint density at radius 3 is 1.76 bits per heavy atom. The third-order valence-corrected chi connectivity index (χ3v) is 4.04. The minimum atomic E-state index is -4.42. The fourth-order valence-corrected chi connectivity index (χ4v) is 2.75. The molecule has 21 heavy (non-hydrogen) atoms. The molecule has 0 unspecified atom stereocenters. The van der Waals surface area contributed by atoms with Crippen molar-refractivity contribution in [2.75, 3.05) is 0 Å². The molecule has 0 heterocycles. The predicted molar refractivity (Wildman–Crippen MR) is 75.3 cm³/mol. The molecule has 5 nitrogen and oxygen atoms in total. The zero-order chi connectivity index (χ0) is 14.5. The normalized spacial score (nSPS) is 13.2. The standard InChI is InChI=1S/C14H8O5S.K/c15-13-9-3-1-2-4-10(9)14(16)12-7-8(20(17,18)19)5-6-11(12)13;/h1-7H,(H,17,18,19);.